The Labute approximate surface area is 243 Å². The van der Waals surface area contributed by atoms with Crippen LogP contribution in [0.1, 0.15) is 38.0 Å². The van der Waals surface area contributed by atoms with E-state index >= 15 is 0 Å². The maximum Gasteiger partial charge on any atom is 0.409 e. The van der Waals surface area contributed by atoms with Gasteiger partial charge in [-0.2, -0.15) is 10.2 Å². The van der Waals surface area contributed by atoms with Crippen molar-refractivity contribution in [2.45, 2.75) is 51.9 Å². The number of nitrogens with zero attached hydrogens (tertiary/aromatic N) is 6. The van der Waals surface area contributed by atoms with Crippen molar-refractivity contribution >= 4 is 25.6 Å². The van der Waals surface area contributed by atoms with Crippen molar-refractivity contribution in [3.8, 4) is 11.1 Å². The van der Waals surface area contributed by atoms with Crippen LogP contribution < -0.4 is 4.90 Å². The number of carbonyl (C=O) groups is 1. The molecule has 4 aromatic rings. The van der Waals surface area contributed by atoms with Crippen molar-refractivity contribution in [3.05, 3.63) is 72.3 Å². The Morgan fingerprint density at radius 3 is 2.29 bits per heavy atom. The summed E-state index contributed by atoms with van der Waals surface area (Å²) in [5.74, 6) is 0. The van der Waals surface area contributed by atoms with Crippen molar-refractivity contribution in [1.29, 1.82) is 0 Å². The molecular formula is C31H42N6O3Si. The summed E-state index contributed by atoms with van der Waals surface area (Å²) < 4.78 is 16.3. The number of rotatable bonds is 7. The van der Waals surface area contributed by atoms with Gasteiger partial charge >= 0.3 is 6.09 Å². The minimum atomic E-state index is -2.08. The van der Waals surface area contributed by atoms with Gasteiger partial charge in [-0.3, -0.25) is 4.68 Å². The smallest absolute Gasteiger partial charge is 0.409 e. The summed E-state index contributed by atoms with van der Waals surface area (Å²) >= 11 is 0. The number of amides is 1. The Kier molecular flexibility index (Phi) is 7.98. The number of ether oxygens (including phenoxy) is 1. The number of benzene rings is 1. The van der Waals surface area contributed by atoms with Crippen LogP contribution in [0.5, 0.6) is 0 Å². The fraction of sp³-hybridized carbons (Fsp3) is 0.452. The first kappa shape index (κ1) is 28.9. The van der Waals surface area contributed by atoms with E-state index in [1.807, 2.05) is 36.4 Å². The van der Waals surface area contributed by atoms with Crippen LogP contribution in [-0.2, 0) is 16.2 Å². The lowest BCUT2D eigenvalue weighted by Gasteiger charge is -2.39. The average Bonchev–Trinajstić information content (AvgIpc) is 3.56. The molecule has 9 nitrogen and oxygen atoms in total. The van der Waals surface area contributed by atoms with Crippen molar-refractivity contribution < 1.29 is 14.0 Å². The number of fused-ring (bicyclic) bond motifs is 1. The summed E-state index contributed by atoms with van der Waals surface area (Å²) in [5, 5.41) is 8.92. The normalized spacial score (nSPS) is 15.4. The third-order valence-electron chi connectivity index (χ3n) is 8.46. The zero-order valence-electron chi connectivity index (χ0n) is 25.3. The molecule has 1 fully saturated rings. The number of pyridine rings is 1. The van der Waals surface area contributed by atoms with Crippen molar-refractivity contribution in [2.24, 2.45) is 7.05 Å². The van der Waals surface area contributed by atoms with E-state index in [0.29, 0.717) is 26.2 Å². The van der Waals surface area contributed by atoms with Gasteiger partial charge in [0.15, 0.2) is 8.32 Å². The molecule has 1 aliphatic rings. The predicted octanol–water partition coefficient (Wildman–Crippen LogP) is 6.06. The molecule has 0 saturated carbocycles. The lowest BCUT2D eigenvalue weighted by atomic mass is 10.1. The average molecular weight is 575 g/mol. The van der Waals surface area contributed by atoms with Gasteiger partial charge in [-0.15, -0.1) is 0 Å². The van der Waals surface area contributed by atoms with Crippen molar-refractivity contribution in [1.82, 2.24) is 24.3 Å². The van der Waals surface area contributed by atoms with E-state index in [4.69, 9.17) is 9.16 Å². The zero-order valence-corrected chi connectivity index (χ0v) is 26.3. The quantitative estimate of drug-likeness (QED) is 0.250. The number of anilines is 1. The first-order valence-electron chi connectivity index (χ1n) is 14.3. The number of hydrogen-bond donors (Lipinski definition) is 0. The molecule has 10 heteroatoms. The van der Waals surface area contributed by atoms with Crippen LogP contribution in [-0.4, -0.2) is 71.5 Å². The maximum absolute atomic E-state index is 13.1. The van der Waals surface area contributed by atoms with Crippen LogP contribution in [0.3, 0.4) is 0 Å². The fourth-order valence-electron chi connectivity index (χ4n) is 4.84. The molecule has 41 heavy (non-hydrogen) atoms. The summed E-state index contributed by atoms with van der Waals surface area (Å²) in [7, 11) is -0.172. The standard InChI is InChI=1S/C31H42N6O3Si/c1-23-8-10-24(11-9-23)29(40-41(6,7)31(2,3)4)22-39-30(38)36-16-14-35(15-17-36)28-19-33-37-21-25(12-13-27(28)37)26-18-32-34(5)20-26/h8-13,18-21,29H,14-17,22H2,1-7H3. The summed E-state index contributed by atoms with van der Waals surface area (Å²) in [6.07, 6.45) is 7.19. The summed E-state index contributed by atoms with van der Waals surface area (Å²) in [6, 6.07) is 12.5. The van der Waals surface area contributed by atoms with Gasteiger partial charge in [0.2, 0.25) is 0 Å². The molecule has 3 aromatic heterocycles. The molecule has 1 unspecified atom stereocenters. The van der Waals surface area contributed by atoms with Gasteiger partial charge in [-0.05, 0) is 36.7 Å². The first-order chi connectivity index (χ1) is 19.4. The Morgan fingerprint density at radius 1 is 0.951 bits per heavy atom. The molecule has 1 amide bonds. The highest BCUT2D eigenvalue weighted by atomic mass is 28.4. The Hall–Kier alpha value is -3.63. The molecule has 1 aromatic carbocycles. The molecule has 1 saturated heterocycles. The lowest BCUT2D eigenvalue weighted by molar-refractivity contribution is 0.0510. The van der Waals surface area contributed by atoms with E-state index in [0.717, 1.165) is 27.9 Å². The number of carbonyl (C=O) groups excluding carboxylic acids is 1. The molecule has 1 aliphatic heterocycles. The van der Waals surface area contributed by atoms with Gasteiger partial charge in [0.25, 0.3) is 0 Å². The highest BCUT2D eigenvalue weighted by Gasteiger charge is 2.40. The predicted molar refractivity (Wildman–Crippen MR) is 165 cm³/mol. The minimum absolute atomic E-state index is 0.0503. The number of aromatic nitrogens is 4. The van der Waals surface area contributed by atoms with Crippen LogP contribution >= 0.6 is 0 Å². The molecule has 1 atom stereocenters. The monoisotopic (exact) mass is 574 g/mol. The lowest BCUT2D eigenvalue weighted by Crippen LogP contribution is -2.49. The maximum atomic E-state index is 13.1. The molecule has 218 valence electrons. The summed E-state index contributed by atoms with van der Waals surface area (Å²) in [6.45, 7) is 16.0. The van der Waals surface area contributed by atoms with E-state index in [1.165, 1.54) is 5.56 Å². The molecule has 0 N–H and O–H groups in total. The van der Waals surface area contributed by atoms with E-state index < -0.39 is 8.32 Å². The molecule has 0 radical (unpaired) electrons. The third kappa shape index (κ3) is 6.33. The molecule has 0 bridgehead atoms. The third-order valence-corrected chi connectivity index (χ3v) is 12.9. The van der Waals surface area contributed by atoms with E-state index in [9.17, 15) is 4.79 Å². The Balaban J connectivity index is 1.21. The molecular weight excluding hydrogens is 532 g/mol. The topological polar surface area (TPSA) is 77.1 Å². The van der Waals surface area contributed by atoms with Crippen LogP contribution in [0.15, 0.2) is 61.2 Å². The Bertz CT molecular complexity index is 1500. The van der Waals surface area contributed by atoms with Gasteiger partial charge in [0.05, 0.1) is 23.6 Å². The van der Waals surface area contributed by atoms with Gasteiger partial charge in [0, 0.05) is 56.7 Å². The van der Waals surface area contributed by atoms with Gasteiger partial charge in [-0.1, -0.05) is 56.7 Å². The molecule has 5 rings (SSSR count). The van der Waals surface area contributed by atoms with Crippen LogP contribution in [0, 0.1) is 6.92 Å². The second kappa shape index (κ2) is 11.3. The molecule has 4 heterocycles. The summed E-state index contributed by atoms with van der Waals surface area (Å²) in [4.78, 5) is 17.2. The van der Waals surface area contributed by atoms with Crippen LogP contribution in [0.2, 0.25) is 18.1 Å². The molecule has 0 spiro atoms. The number of hydrogen-bond acceptors (Lipinski definition) is 6. The minimum Gasteiger partial charge on any atom is -0.446 e. The van der Waals surface area contributed by atoms with Gasteiger partial charge < -0.3 is 19.0 Å². The first-order valence-corrected chi connectivity index (χ1v) is 17.2. The molecule has 0 aliphatic carbocycles. The van der Waals surface area contributed by atoms with E-state index in [2.05, 4.69) is 92.3 Å². The van der Waals surface area contributed by atoms with Crippen LogP contribution in [0.4, 0.5) is 10.5 Å². The second-order valence-electron chi connectivity index (χ2n) is 12.5. The number of aryl methyl sites for hydroxylation is 2. The van der Waals surface area contributed by atoms with E-state index in [1.54, 1.807) is 9.58 Å². The SMILES string of the molecule is Cc1ccc(C(COC(=O)N2CCN(c3cnn4cc(-c5cnn(C)c5)ccc34)CC2)O[Si](C)(C)C(C)(C)C)cc1. The zero-order chi connectivity index (χ0) is 29.4. The highest BCUT2D eigenvalue weighted by molar-refractivity contribution is 6.74. The summed E-state index contributed by atoms with van der Waals surface area (Å²) in [5.41, 5.74) is 6.45. The van der Waals surface area contributed by atoms with Crippen LogP contribution in [0.25, 0.3) is 16.6 Å². The van der Waals surface area contributed by atoms with Gasteiger partial charge in [-0.25, -0.2) is 9.31 Å². The van der Waals surface area contributed by atoms with E-state index in [-0.39, 0.29) is 23.8 Å². The fourth-order valence-corrected chi connectivity index (χ4v) is 6.10. The largest absolute Gasteiger partial charge is 0.446 e. The Morgan fingerprint density at radius 2 is 1.66 bits per heavy atom. The highest BCUT2D eigenvalue weighted by Crippen LogP contribution is 2.40. The van der Waals surface area contributed by atoms with Crippen molar-refractivity contribution in [2.75, 3.05) is 37.7 Å². The second-order valence-corrected chi connectivity index (χ2v) is 17.3. The number of piperazine rings is 1. The van der Waals surface area contributed by atoms with Gasteiger partial charge in [0.1, 0.15) is 12.7 Å². The van der Waals surface area contributed by atoms with Crippen molar-refractivity contribution in [3.63, 3.8) is 0 Å².